The molecular weight excluding hydrogens is 144 g/mol. The van der Waals surface area contributed by atoms with Crippen molar-refractivity contribution in [2.75, 3.05) is 6.61 Å². The van der Waals surface area contributed by atoms with E-state index in [1.165, 1.54) is 11.3 Å². The summed E-state index contributed by atoms with van der Waals surface area (Å²) in [7, 11) is 0. The van der Waals surface area contributed by atoms with E-state index in [9.17, 15) is 0 Å². The number of hydrogen-bond acceptors (Lipinski definition) is 2. The van der Waals surface area contributed by atoms with Gasteiger partial charge < -0.3 is 5.11 Å². The maximum absolute atomic E-state index is 8.78. The second-order valence-electron chi connectivity index (χ2n) is 2.80. The molecule has 1 aliphatic rings. The molecule has 1 heterocycles. The summed E-state index contributed by atoms with van der Waals surface area (Å²) < 4.78 is 0. The monoisotopic (exact) mass is 154 g/mol. The van der Waals surface area contributed by atoms with E-state index in [1.807, 2.05) is 0 Å². The third-order valence-electron chi connectivity index (χ3n) is 2.07. The molecule has 54 valence electrons. The smallest absolute Gasteiger partial charge is 0.0465 e. The van der Waals surface area contributed by atoms with Crippen molar-refractivity contribution in [3.05, 3.63) is 22.4 Å². The molecule has 10 heavy (non-hydrogen) atoms. The first-order chi connectivity index (χ1) is 4.92. The van der Waals surface area contributed by atoms with Gasteiger partial charge in [-0.3, -0.25) is 0 Å². The minimum atomic E-state index is 0.364. The van der Waals surface area contributed by atoms with Crippen LogP contribution in [-0.2, 0) is 0 Å². The van der Waals surface area contributed by atoms with E-state index in [2.05, 4.69) is 17.5 Å². The first-order valence-electron chi connectivity index (χ1n) is 3.56. The number of thiophene rings is 1. The molecule has 0 unspecified atom stereocenters. The molecular formula is C8H10OS. The second-order valence-corrected chi connectivity index (χ2v) is 3.78. The largest absolute Gasteiger partial charge is 0.396 e. The van der Waals surface area contributed by atoms with Crippen LogP contribution in [0.1, 0.15) is 17.2 Å². The lowest BCUT2D eigenvalue weighted by Gasteiger charge is -1.89. The second kappa shape index (κ2) is 2.36. The summed E-state index contributed by atoms with van der Waals surface area (Å²) >= 11 is 1.80. The van der Waals surface area contributed by atoms with Crippen LogP contribution in [0.15, 0.2) is 17.5 Å². The Kier molecular flexibility index (Phi) is 1.51. The van der Waals surface area contributed by atoms with Crippen molar-refractivity contribution in [3.63, 3.8) is 0 Å². The SMILES string of the molecule is OC[C@H]1C[C@H]1c1cccs1. The first-order valence-corrected chi connectivity index (χ1v) is 4.44. The molecule has 0 saturated heterocycles. The summed E-state index contributed by atoms with van der Waals surface area (Å²) in [5.74, 6) is 1.25. The van der Waals surface area contributed by atoms with Gasteiger partial charge in [-0.1, -0.05) is 6.07 Å². The summed E-state index contributed by atoms with van der Waals surface area (Å²) in [6.07, 6.45) is 1.19. The van der Waals surface area contributed by atoms with Gasteiger partial charge in [0.1, 0.15) is 0 Å². The molecule has 1 nitrogen and oxygen atoms in total. The highest BCUT2D eigenvalue weighted by atomic mass is 32.1. The van der Waals surface area contributed by atoms with Crippen LogP contribution in [0.4, 0.5) is 0 Å². The number of hydrogen-bond donors (Lipinski definition) is 1. The molecule has 2 rings (SSSR count). The zero-order chi connectivity index (χ0) is 6.97. The van der Waals surface area contributed by atoms with Crippen molar-refractivity contribution in [2.45, 2.75) is 12.3 Å². The normalized spacial score (nSPS) is 30.5. The zero-order valence-corrected chi connectivity index (χ0v) is 6.47. The molecule has 0 spiro atoms. The van der Waals surface area contributed by atoms with E-state index >= 15 is 0 Å². The Morgan fingerprint density at radius 2 is 2.60 bits per heavy atom. The number of aliphatic hydroxyl groups is 1. The standard InChI is InChI=1S/C8H10OS/c9-5-6-4-7(6)8-2-1-3-10-8/h1-3,6-7,9H,4-5H2/t6-,7-/m1/s1. The van der Waals surface area contributed by atoms with Gasteiger partial charge >= 0.3 is 0 Å². The van der Waals surface area contributed by atoms with Gasteiger partial charge in [-0.15, -0.1) is 11.3 Å². The average Bonchev–Trinajstić information content (AvgIpc) is 2.56. The van der Waals surface area contributed by atoms with Crippen molar-refractivity contribution in [1.29, 1.82) is 0 Å². The van der Waals surface area contributed by atoms with Crippen LogP contribution in [0.5, 0.6) is 0 Å². The molecule has 1 N–H and O–H groups in total. The van der Waals surface area contributed by atoms with E-state index in [0.717, 1.165) is 0 Å². The topological polar surface area (TPSA) is 20.2 Å². The van der Waals surface area contributed by atoms with Crippen LogP contribution < -0.4 is 0 Å². The number of aliphatic hydroxyl groups excluding tert-OH is 1. The summed E-state index contributed by atoms with van der Waals surface area (Å²) in [5.41, 5.74) is 0. The van der Waals surface area contributed by atoms with Gasteiger partial charge in [0, 0.05) is 11.5 Å². The van der Waals surface area contributed by atoms with E-state index in [4.69, 9.17) is 5.11 Å². The lowest BCUT2D eigenvalue weighted by Crippen LogP contribution is -1.85. The van der Waals surface area contributed by atoms with Crippen molar-refractivity contribution >= 4 is 11.3 Å². The average molecular weight is 154 g/mol. The predicted molar refractivity (Wildman–Crippen MR) is 42.3 cm³/mol. The molecule has 2 atom stereocenters. The summed E-state index contributed by atoms with van der Waals surface area (Å²) in [6, 6.07) is 4.23. The molecule has 0 radical (unpaired) electrons. The third-order valence-corrected chi connectivity index (χ3v) is 3.07. The van der Waals surface area contributed by atoms with Gasteiger partial charge in [-0.05, 0) is 29.7 Å². The maximum atomic E-state index is 8.78. The van der Waals surface area contributed by atoms with Gasteiger partial charge in [0.2, 0.25) is 0 Å². The van der Waals surface area contributed by atoms with Crippen molar-refractivity contribution in [1.82, 2.24) is 0 Å². The van der Waals surface area contributed by atoms with E-state index in [0.29, 0.717) is 18.4 Å². The molecule has 1 aliphatic carbocycles. The summed E-state index contributed by atoms with van der Waals surface area (Å²) in [4.78, 5) is 1.44. The molecule has 1 aromatic rings. The van der Waals surface area contributed by atoms with Gasteiger partial charge in [-0.25, -0.2) is 0 Å². The van der Waals surface area contributed by atoms with Gasteiger partial charge in [0.15, 0.2) is 0 Å². The minimum absolute atomic E-state index is 0.364. The highest BCUT2D eigenvalue weighted by Gasteiger charge is 2.37. The lowest BCUT2D eigenvalue weighted by atomic mass is 10.3. The van der Waals surface area contributed by atoms with Gasteiger partial charge in [0.25, 0.3) is 0 Å². The lowest BCUT2D eigenvalue weighted by molar-refractivity contribution is 0.274. The molecule has 0 aromatic carbocycles. The van der Waals surface area contributed by atoms with E-state index < -0.39 is 0 Å². The maximum Gasteiger partial charge on any atom is 0.0465 e. The fourth-order valence-corrected chi connectivity index (χ4v) is 2.23. The van der Waals surface area contributed by atoms with Crippen LogP contribution in [0.3, 0.4) is 0 Å². The van der Waals surface area contributed by atoms with Crippen LogP contribution in [0, 0.1) is 5.92 Å². The van der Waals surface area contributed by atoms with Gasteiger partial charge in [-0.2, -0.15) is 0 Å². The Hall–Kier alpha value is -0.340. The first kappa shape index (κ1) is 6.38. The Balaban J connectivity index is 2.05. The van der Waals surface area contributed by atoms with Crippen LogP contribution in [-0.4, -0.2) is 11.7 Å². The predicted octanol–water partition coefficient (Wildman–Crippen LogP) is 1.84. The molecule has 0 bridgehead atoms. The fraction of sp³-hybridized carbons (Fsp3) is 0.500. The van der Waals surface area contributed by atoms with Crippen molar-refractivity contribution < 1.29 is 5.11 Å². The van der Waals surface area contributed by atoms with Crippen LogP contribution in [0.25, 0.3) is 0 Å². The van der Waals surface area contributed by atoms with Crippen molar-refractivity contribution in [2.24, 2.45) is 5.92 Å². The van der Waals surface area contributed by atoms with Crippen LogP contribution in [0.2, 0.25) is 0 Å². The molecule has 2 heteroatoms. The van der Waals surface area contributed by atoms with Crippen molar-refractivity contribution in [3.8, 4) is 0 Å². The Morgan fingerprint density at radius 1 is 1.70 bits per heavy atom. The summed E-state index contributed by atoms with van der Waals surface area (Å²) in [5, 5.41) is 10.9. The van der Waals surface area contributed by atoms with E-state index in [1.54, 1.807) is 11.3 Å². The van der Waals surface area contributed by atoms with E-state index in [-0.39, 0.29) is 0 Å². The Bertz CT molecular complexity index is 205. The summed E-state index contributed by atoms with van der Waals surface area (Å²) in [6.45, 7) is 0.364. The Labute approximate surface area is 64.3 Å². The molecule has 0 aliphatic heterocycles. The quantitative estimate of drug-likeness (QED) is 0.689. The van der Waals surface area contributed by atoms with Crippen LogP contribution >= 0.6 is 11.3 Å². The minimum Gasteiger partial charge on any atom is -0.396 e. The van der Waals surface area contributed by atoms with Gasteiger partial charge in [0.05, 0.1) is 0 Å². The molecule has 1 fully saturated rings. The highest BCUT2D eigenvalue weighted by molar-refractivity contribution is 7.10. The third kappa shape index (κ3) is 0.976. The fourth-order valence-electron chi connectivity index (χ4n) is 1.30. The highest BCUT2D eigenvalue weighted by Crippen LogP contribution is 2.48. The Morgan fingerprint density at radius 3 is 3.10 bits per heavy atom. The zero-order valence-electron chi connectivity index (χ0n) is 5.66. The molecule has 1 saturated carbocycles. The molecule has 1 aromatic heterocycles. The molecule has 0 amide bonds. The number of rotatable bonds is 2.